The Kier molecular flexibility index (Phi) is 5.42. The normalized spacial score (nSPS) is 17.5. The number of carbonyl (C=O) groups excluding carboxylic acids is 2. The number of aliphatic carboxylic acids is 1. The van der Waals surface area contributed by atoms with Gasteiger partial charge in [0.25, 0.3) is 0 Å². The Morgan fingerprint density at radius 3 is 2.95 bits per heavy atom. The van der Waals surface area contributed by atoms with Gasteiger partial charge in [0, 0.05) is 24.4 Å². The highest BCUT2D eigenvalue weighted by Gasteiger charge is 2.34. The average Bonchev–Trinajstić information content (AvgIpc) is 3.07. The lowest BCUT2D eigenvalue weighted by molar-refractivity contribution is -0.138. The molecular formula is C13H18N4O4S. The summed E-state index contributed by atoms with van der Waals surface area (Å²) in [6.45, 7) is 1.65. The van der Waals surface area contributed by atoms with Gasteiger partial charge in [0.15, 0.2) is 5.82 Å². The van der Waals surface area contributed by atoms with Crippen molar-refractivity contribution in [3.8, 4) is 0 Å². The molecule has 1 aromatic heterocycles. The lowest BCUT2D eigenvalue weighted by atomic mass is 10.2. The topological polar surface area (TPSA) is 105 Å². The second kappa shape index (κ2) is 7.30. The molecular weight excluding hydrogens is 308 g/mol. The molecule has 0 saturated carbocycles. The van der Waals surface area contributed by atoms with Crippen molar-refractivity contribution in [3.05, 3.63) is 12.3 Å². The largest absolute Gasteiger partial charge is 0.480 e. The lowest BCUT2D eigenvalue weighted by Crippen LogP contribution is -2.44. The molecule has 120 valence electrons. The first-order valence-electron chi connectivity index (χ1n) is 6.94. The van der Waals surface area contributed by atoms with Gasteiger partial charge in [-0.15, -0.1) is 11.8 Å². The minimum Gasteiger partial charge on any atom is -0.480 e. The van der Waals surface area contributed by atoms with Crippen LogP contribution >= 0.6 is 11.8 Å². The molecule has 2 N–H and O–H groups in total. The van der Waals surface area contributed by atoms with E-state index in [2.05, 4.69) is 10.4 Å². The molecule has 1 aromatic rings. The number of anilines is 1. The number of carbonyl (C=O) groups is 3. The zero-order valence-corrected chi connectivity index (χ0v) is 13.0. The first-order valence-corrected chi connectivity index (χ1v) is 8.10. The number of hydrogen-bond donors (Lipinski definition) is 2. The third-order valence-corrected chi connectivity index (χ3v) is 4.17. The van der Waals surface area contributed by atoms with Gasteiger partial charge in [-0.2, -0.15) is 5.10 Å². The third-order valence-electron chi connectivity index (χ3n) is 3.16. The predicted octanol–water partition coefficient (Wildman–Crippen LogP) is 0.608. The van der Waals surface area contributed by atoms with Gasteiger partial charge in [-0.25, -0.2) is 0 Å². The van der Waals surface area contributed by atoms with E-state index in [-0.39, 0.29) is 24.2 Å². The summed E-state index contributed by atoms with van der Waals surface area (Å²) in [6.07, 6.45) is 2.65. The maximum absolute atomic E-state index is 12.3. The van der Waals surface area contributed by atoms with E-state index in [1.807, 2.05) is 6.92 Å². The van der Waals surface area contributed by atoms with Crippen molar-refractivity contribution in [2.75, 3.05) is 16.9 Å². The van der Waals surface area contributed by atoms with Crippen LogP contribution in [0.25, 0.3) is 0 Å². The molecule has 2 amide bonds. The van der Waals surface area contributed by atoms with Crippen LogP contribution in [0.1, 0.15) is 19.8 Å². The number of nitrogens with zero attached hydrogens (tertiary/aromatic N) is 3. The minimum absolute atomic E-state index is 0.0240. The molecule has 0 bridgehead atoms. The Balaban J connectivity index is 1.97. The van der Waals surface area contributed by atoms with Crippen LogP contribution in [-0.2, 0) is 20.9 Å². The van der Waals surface area contributed by atoms with Gasteiger partial charge in [-0.05, 0) is 6.42 Å². The van der Waals surface area contributed by atoms with Crippen LogP contribution in [0.3, 0.4) is 0 Å². The van der Waals surface area contributed by atoms with Crippen LogP contribution in [0, 0.1) is 0 Å². The molecule has 1 aliphatic rings. The summed E-state index contributed by atoms with van der Waals surface area (Å²) in [5.41, 5.74) is 0. The maximum atomic E-state index is 12.3. The van der Waals surface area contributed by atoms with E-state index in [9.17, 15) is 14.4 Å². The van der Waals surface area contributed by atoms with Crippen LogP contribution in [-0.4, -0.2) is 55.2 Å². The van der Waals surface area contributed by atoms with E-state index in [0.29, 0.717) is 18.1 Å². The monoisotopic (exact) mass is 326 g/mol. The molecule has 2 heterocycles. The number of rotatable bonds is 6. The molecule has 1 unspecified atom stereocenters. The maximum Gasteiger partial charge on any atom is 0.325 e. The zero-order valence-electron chi connectivity index (χ0n) is 12.2. The molecule has 0 aliphatic carbocycles. The Morgan fingerprint density at radius 1 is 1.50 bits per heavy atom. The molecule has 1 fully saturated rings. The summed E-state index contributed by atoms with van der Waals surface area (Å²) in [4.78, 5) is 36.4. The fraction of sp³-hybridized carbons (Fsp3) is 0.538. The van der Waals surface area contributed by atoms with E-state index in [0.717, 1.165) is 6.42 Å². The van der Waals surface area contributed by atoms with Gasteiger partial charge in [0.05, 0.1) is 5.88 Å². The highest BCUT2D eigenvalue weighted by atomic mass is 32.2. The van der Waals surface area contributed by atoms with E-state index < -0.39 is 12.0 Å². The van der Waals surface area contributed by atoms with Crippen molar-refractivity contribution in [1.82, 2.24) is 14.7 Å². The number of amides is 2. The molecule has 1 saturated heterocycles. The highest BCUT2D eigenvalue weighted by Crippen LogP contribution is 2.23. The van der Waals surface area contributed by atoms with Crippen molar-refractivity contribution < 1.29 is 19.5 Å². The molecule has 8 nitrogen and oxygen atoms in total. The summed E-state index contributed by atoms with van der Waals surface area (Å²) >= 11 is 1.54. The fourth-order valence-corrected chi connectivity index (χ4v) is 3.31. The van der Waals surface area contributed by atoms with Crippen LogP contribution in [0.15, 0.2) is 12.3 Å². The van der Waals surface area contributed by atoms with E-state index in [1.165, 1.54) is 28.7 Å². The first kappa shape index (κ1) is 16.3. The Hall–Kier alpha value is -2.03. The molecule has 22 heavy (non-hydrogen) atoms. The minimum atomic E-state index is -1.01. The SMILES string of the molecule is CCCC(=O)N1CSCC1C(=O)Nc1ccn(CC(=O)O)n1. The smallest absolute Gasteiger partial charge is 0.325 e. The second-order valence-corrected chi connectivity index (χ2v) is 5.91. The molecule has 1 aliphatic heterocycles. The average molecular weight is 326 g/mol. The van der Waals surface area contributed by atoms with Crippen LogP contribution < -0.4 is 5.32 Å². The zero-order chi connectivity index (χ0) is 16.1. The van der Waals surface area contributed by atoms with E-state index >= 15 is 0 Å². The molecule has 9 heteroatoms. The van der Waals surface area contributed by atoms with E-state index in [4.69, 9.17) is 5.11 Å². The van der Waals surface area contributed by atoms with Crippen LogP contribution in [0.5, 0.6) is 0 Å². The summed E-state index contributed by atoms with van der Waals surface area (Å²) in [5, 5.41) is 15.3. The first-order chi connectivity index (χ1) is 10.5. The Bertz CT molecular complexity index is 574. The van der Waals surface area contributed by atoms with Crippen molar-refractivity contribution in [1.29, 1.82) is 0 Å². The molecule has 1 atom stereocenters. The van der Waals surface area contributed by atoms with E-state index in [1.54, 1.807) is 4.90 Å². The van der Waals surface area contributed by atoms with Crippen molar-refractivity contribution >= 4 is 35.4 Å². The summed E-state index contributed by atoms with van der Waals surface area (Å²) in [6, 6.07) is 1.02. The number of hydrogen-bond acceptors (Lipinski definition) is 5. The third kappa shape index (κ3) is 4.00. The number of thioether (sulfide) groups is 1. The number of carboxylic acids is 1. The lowest BCUT2D eigenvalue weighted by Gasteiger charge is -2.22. The van der Waals surface area contributed by atoms with Crippen molar-refractivity contribution in [2.24, 2.45) is 0 Å². The molecule has 0 radical (unpaired) electrons. The van der Waals surface area contributed by atoms with Crippen LogP contribution in [0.4, 0.5) is 5.82 Å². The van der Waals surface area contributed by atoms with Gasteiger partial charge in [0.2, 0.25) is 11.8 Å². The Labute approximate surface area is 131 Å². The summed E-state index contributed by atoms with van der Waals surface area (Å²) in [5.74, 6) is 0.0243. The van der Waals surface area contributed by atoms with Crippen LogP contribution in [0.2, 0.25) is 0 Å². The molecule has 2 rings (SSSR count). The molecule has 0 aromatic carbocycles. The van der Waals surface area contributed by atoms with Gasteiger partial charge >= 0.3 is 5.97 Å². The fourth-order valence-electron chi connectivity index (χ4n) is 2.13. The quantitative estimate of drug-likeness (QED) is 0.793. The standard InChI is InChI=1S/C13H18N4O4S/c1-2-3-11(18)17-8-22-7-9(17)13(21)14-10-4-5-16(15-10)6-12(19)20/h4-5,9H,2-3,6-8H2,1H3,(H,19,20)(H,14,15,21). The summed E-state index contributed by atoms with van der Waals surface area (Å²) in [7, 11) is 0. The van der Waals surface area contributed by atoms with Crippen molar-refractivity contribution in [3.63, 3.8) is 0 Å². The van der Waals surface area contributed by atoms with Gasteiger partial charge in [0.1, 0.15) is 12.6 Å². The number of nitrogens with one attached hydrogen (secondary N) is 1. The van der Waals surface area contributed by atoms with Gasteiger partial charge < -0.3 is 15.3 Å². The number of carboxylic acid groups (broad SMARTS) is 1. The molecule has 0 spiro atoms. The predicted molar refractivity (Wildman–Crippen MR) is 81.4 cm³/mol. The van der Waals surface area contributed by atoms with Gasteiger partial charge in [-0.1, -0.05) is 6.92 Å². The Morgan fingerprint density at radius 2 is 2.27 bits per heavy atom. The highest BCUT2D eigenvalue weighted by molar-refractivity contribution is 7.99. The van der Waals surface area contributed by atoms with Gasteiger partial charge in [-0.3, -0.25) is 19.1 Å². The van der Waals surface area contributed by atoms with Crippen molar-refractivity contribution in [2.45, 2.75) is 32.4 Å². The number of aromatic nitrogens is 2. The second-order valence-electron chi connectivity index (χ2n) is 4.91. The summed E-state index contributed by atoms with van der Waals surface area (Å²) < 4.78 is 1.22.